The number of amides is 2. The average Bonchev–Trinajstić information content (AvgIpc) is 3.07. The smallest absolute Gasteiger partial charge is 0.250 e. The Labute approximate surface area is 170 Å². The van der Waals surface area contributed by atoms with E-state index in [0.29, 0.717) is 27.8 Å². The van der Waals surface area contributed by atoms with Crippen molar-refractivity contribution in [1.82, 2.24) is 9.78 Å². The van der Waals surface area contributed by atoms with E-state index in [0.717, 1.165) is 11.3 Å². The number of para-hydroxylation sites is 1. The lowest BCUT2D eigenvalue weighted by atomic mass is 9.91. The number of aryl methyl sites for hydroxylation is 1. The van der Waals surface area contributed by atoms with Crippen molar-refractivity contribution >= 4 is 46.7 Å². The summed E-state index contributed by atoms with van der Waals surface area (Å²) in [5, 5.41) is 11.1. The number of carbonyl (C=O) groups excluding carboxylic acids is 2. The van der Waals surface area contributed by atoms with Crippen molar-refractivity contribution in [2.24, 2.45) is 0 Å². The molecule has 2 amide bonds. The number of aromatic nitrogens is 2. The van der Waals surface area contributed by atoms with Gasteiger partial charge in [-0.2, -0.15) is 5.10 Å². The van der Waals surface area contributed by atoms with Gasteiger partial charge in [-0.3, -0.25) is 9.59 Å². The van der Waals surface area contributed by atoms with Gasteiger partial charge < -0.3 is 10.6 Å². The molecule has 6 nitrogen and oxygen atoms in total. The largest absolute Gasteiger partial charge is 0.324 e. The van der Waals surface area contributed by atoms with E-state index in [2.05, 4.69) is 15.7 Å². The van der Waals surface area contributed by atoms with Crippen LogP contribution in [0.15, 0.2) is 48.5 Å². The van der Waals surface area contributed by atoms with Crippen LogP contribution in [0.3, 0.4) is 0 Å². The van der Waals surface area contributed by atoms with E-state index in [1.807, 2.05) is 43.3 Å². The van der Waals surface area contributed by atoms with Crippen molar-refractivity contribution in [3.8, 4) is 5.69 Å². The lowest BCUT2D eigenvalue weighted by Gasteiger charge is -2.25. The third-order valence-corrected chi connectivity index (χ3v) is 6.70. The number of carbonyl (C=O) groups is 2. The summed E-state index contributed by atoms with van der Waals surface area (Å²) in [4.78, 5) is 25.8. The minimum absolute atomic E-state index is 0.151. The van der Waals surface area contributed by atoms with Crippen molar-refractivity contribution < 1.29 is 9.59 Å². The van der Waals surface area contributed by atoms with Crippen LogP contribution in [0.25, 0.3) is 5.69 Å². The predicted octanol–water partition coefficient (Wildman–Crippen LogP) is 3.72. The fraction of sp³-hybridized carbons (Fsp3) is 0.150. The quantitative estimate of drug-likeness (QED) is 0.641. The van der Waals surface area contributed by atoms with Crippen LogP contribution in [0.5, 0.6) is 0 Å². The van der Waals surface area contributed by atoms with Gasteiger partial charge in [-0.05, 0) is 31.2 Å². The van der Waals surface area contributed by atoms with E-state index in [1.54, 1.807) is 16.8 Å². The van der Waals surface area contributed by atoms with Crippen molar-refractivity contribution in [1.29, 1.82) is 0 Å². The highest BCUT2D eigenvalue weighted by Crippen LogP contribution is 2.55. The number of benzene rings is 2. The van der Waals surface area contributed by atoms with Crippen LogP contribution in [0, 0.1) is 6.92 Å². The van der Waals surface area contributed by atoms with E-state index in [1.165, 1.54) is 11.8 Å². The lowest BCUT2D eigenvalue weighted by Crippen LogP contribution is -2.33. The first-order valence-corrected chi connectivity index (χ1v) is 10.1. The van der Waals surface area contributed by atoms with Gasteiger partial charge in [0, 0.05) is 21.8 Å². The molecule has 0 saturated carbocycles. The predicted molar refractivity (Wildman–Crippen MR) is 110 cm³/mol. The second-order valence-electron chi connectivity index (χ2n) is 6.72. The molecule has 0 aliphatic carbocycles. The maximum Gasteiger partial charge on any atom is 0.250 e. The maximum absolute atomic E-state index is 13.3. The number of nitrogens with one attached hydrogen (secondary N) is 2. The van der Waals surface area contributed by atoms with Gasteiger partial charge in [0.25, 0.3) is 0 Å². The molecular weight excluding hydrogens is 396 g/mol. The summed E-state index contributed by atoms with van der Waals surface area (Å²) in [5.74, 6) is 0.313. The summed E-state index contributed by atoms with van der Waals surface area (Å²) < 4.78 is 0.628. The molecule has 0 bridgehead atoms. The topological polar surface area (TPSA) is 76.0 Å². The standard InChI is InChI=1S/C20H15ClN4O2S/c1-11-17-18(25(24-11)13-5-3-2-4-6-13)23-16(26)10-28-20(17)14-8-7-12(21)9-15(14)22-19(20)27/h2-9H,10H2,1H3,(H,22,27)(H,23,26). The first-order chi connectivity index (χ1) is 13.5. The highest BCUT2D eigenvalue weighted by Gasteiger charge is 2.54. The Morgan fingerprint density at radius 3 is 2.71 bits per heavy atom. The van der Waals surface area contributed by atoms with Gasteiger partial charge in [-0.25, -0.2) is 4.68 Å². The molecule has 1 spiro atoms. The minimum Gasteiger partial charge on any atom is -0.324 e. The molecule has 2 aromatic carbocycles. The number of anilines is 2. The molecule has 3 aromatic rings. The number of rotatable bonds is 1. The van der Waals surface area contributed by atoms with Gasteiger partial charge in [-0.15, -0.1) is 11.8 Å². The zero-order valence-electron chi connectivity index (χ0n) is 14.8. The van der Waals surface area contributed by atoms with Gasteiger partial charge in [0.15, 0.2) is 4.75 Å². The Kier molecular flexibility index (Phi) is 3.79. The Balaban J connectivity index is 1.82. The van der Waals surface area contributed by atoms with Crippen LogP contribution >= 0.6 is 23.4 Å². The average molecular weight is 411 g/mol. The van der Waals surface area contributed by atoms with Crippen LogP contribution in [-0.2, 0) is 14.3 Å². The SMILES string of the molecule is Cc1nn(-c2ccccc2)c2c1C1(SCC(=O)N2)C(=O)Nc2cc(Cl)ccc21. The van der Waals surface area contributed by atoms with Crippen molar-refractivity contribution in [3.63, 3.8) is 0 Å². The van der Waals surface area contributed by atoms with Gasteiger partial charge >= 0.3 is 0 Å². The number of hydrogen-bond donors (Lipinski definition) is 2. The summed E-state index contributed by atoms with van der Waals surface area (Å²) in [6, 6.07) is 14.9. The van der Waals surface area contributed by atoms with E-state index in [-0.39, 0.29) is 17.6 Å². The number of fused-ring (bicyclic) bond motifs is 4. The zero-order chi connectivity index (χ0) is 19.5. The number of halogens is 1. The highest BCUT2D eigenvalue weighted by molar-refractivity contribution is 8.01. The maximum atomic E-state index is 13.3. The number of thioether (sulfide) groups is 1. The van der Waals surface area contributed by atoms with Gasteiger partial charge in [-0.1, -0.05) is 35.9 Å². The summed E-state index contributed by atoms with van der Waals surface area (Å²) in [6.45, 7) is 1.86. The molecular formula is C20H15ClN4O2S. The molecule has 1 atom stereocenters. The highest BCUT2D eigenvalue weighted by atomic mass is 35.5. The molecule has 2 N–H and O–H groups in total. The molecule has 8 heteroatoms. The first-order valence-electron chi connectivity index (χ1n) is 8.71. The first kappa shape index (κ1) is 17.3. The van der Waals surface area contributed by atoms with Crippen LogP contribution < -0.4 is 10.6 Å². The number of hydrogen-bond acceptors (Lipinski definition) is 4. The van der Waals surface area contributed by atoms with E-state index >= 15 is 0 Å². The molecule has 2 aliphatic rings. The third-order valence-electron chi connectivity index (χ3n) is 5.02. The molecule has 5 rings (SSSR count). The molecule has 140 valence electrons. The molecule has 0 saturated heterocycles. The van der Waals surface area contributed by atoms with Crippen molar-refractivity contribution in [2.45, 2.75) is 11.7 Å². The molecule has 0 radical (unpaired) electrons. The van der Waals surface area contributed by atoms with Crippen molar-refractivity contribution in [2.75, 3.05) is 16.4 Å². The van der Waals surface area contributed by atoms with Crippen LogP contribution in [0.4, 0.5) is 11.5 Å². The zero-order valence-corrected chi connectivity index (χ0v) is 16.4. The molecule has 1 unspecified atom stereocenters. The molecule has 1 aromatic heterocycles. The van der Waals surface area contributed by atoms with Crippen LogP contribution in [-0.4, -0.2) is 27.3 Å². The Morgan fingerprint density at radius 2 is 1.93 bits per heavy atom. The monoisotopic (exact) mass is 410 g/mol. The molecule has 0 fully saturated rings. The molecule has 3 heterocycles. The van der Waals surface area contributed by atoms with Gasteiger partial charge in [0.2, 0.25) is 11.8 Å². The van der Waals surface area contributed by atoms with Crippen LogP contribution in [0.1, 0.15) is 16.8 Å². The normalized spacial score (nSPS) is 20.4. The van der Waals surface area contributed by atoms with Crippen LogP contribution in [0.2, 0.25) is 5.02 Å². The second-order valence-corrected chi connectivity index (χ2v) is 8.34. The molecule has 28 heavy (non-hydrogen) atoms. The van der Waals surface area contributed by atoms with Crippen molar-refractivity contribution in [3.05, 3.63) is 70.4 Å². The summed E-state index contributed by atoms with van der Waals surface area (Å²) in [5.41, 5.74) is 3.65. The third kappa shape index (κ3) is 2.33. The van der Waals surface area contributed by atoms with E-state index in [9.17, 15) is 9.59 Å². The molecule has 2 aliphatic heterocycles. The van der Waals surface area contributed by atoms with Gasteiger partial charge in [0.05, 0.1) is 17.1 Å². The fourth-order valence-corrected chi connectivity index (χ4v) is 5.38. The fourth-order valence-electron chi connectivity index (χ4n) is 3.89. The summed E-state index contributed by atoms with van der Waals surface area (Å²) in [6.07, 6.45) is 0. The van der Waals surface area contributed by atoms with Gasteiger partial charge in [0.1, 0.15) is 5.82 Å². The van der Waals surface area contributed by atoms with E-state index < -0.39 is 4.75 Å². The number of nitrogens with zero attached hydrogens (tertiary/aromatic N) is 2. The second kappa shape index (κ2) is 6.12. The minimum atomic E-state index is -1.06. The lowest BCUT2D eigenvalue weighted by molar-refractivity contribution is -0.117. The summed E-state index contributed by atoms with van der Waals surface area (Å²) in [7, 11) is 0. The summed E-state index contributed by atoms with van der Waals surface area (Å²) >= 11 is 7.43. The Morgan fingerprint density at radius 1 is 1.14 bits per heavy atom. The Bertz CT molecular complexity index is 1140. The Hall–Kier alpha value is -2.77. The van der Waals surface area contributed by atoms with E-state index in [4.69, 9.17) is 11.6 Å².